The molecule has 2 fully saturated rings. The summed E-state index contributed by atoms with van der Waals surface area (Å²) in [6.07, 6.45) is 19.7. The maximum atomic E-state index is 14.2. The molecule has 0 spiro atoms. The van der Waals surface area contributed by atoms with Crippen LogP contribution >= 0.6 is 0 Å². The van der Waals surface area contributed by atoms with E-state index < -0.39 is 24.3 Å². The molecule has 1 aromatic rings. The Kier molecular flexibility index (Phi) is 18.9. The van der Waals surface area contributed by atoms with Crippen LogP contribution in [-0.2, 0) is 31.9 Å². The fourth-order valence-electron chi connectivity index (χ4n) is 7.26. The molecule has 2 aliphatic rings. The number of alkyl halides is 2. The monoisotopic (exact) mass is 646 g/mol. The first-order valence-electron chi connectivity index (χ1n) is 19.1. The van der Waals surface area contributed by atoms with E-state index in [0.717, 1.165) is 128 Å². The summed E-state index contributed by atoms with van der Waals surface area (Å²) < 4.78 is 39.5. The van der Waals surface area contributed by atoms with Crippen LogP contribution < -0.4 is 0 Å². The molecule has 6 heteroatoms. The zero-order valence-corrected chi connectivity index (χ0v) is 29.1. The fourth-order valence-corrected chi connectivity index (χ4v) is 7.26. The molecule has 46 heavy (non-hydrogen) atoms. The second-order valence-electron chi connectivity index (χ2n) is 14.4. The number of unbranched alkanes of at least 4 members (excludes halogenated alkanes) is 8. The largest absolute Gasteiger partial charge is 0.460 e. The van der Waals surface area contributed by atoms with E-state index in [1.807, 2.05) is 0 Å². The summed E-state index contributed by atoms with van der Waals surface area (Å²) in [5, 5.41) is 0. The van der Waals surface area contributed by atoms with E-state index >= 15 is 0 Å². The Balaban J connectivity index is 1.23. The molecule has 0 saturated heterocycles. The molecule has 0 amide bonds. The lowest BCUT2D eigenvalue weighted by Gasteiger charge is -2.29. The highest BCUT2D eigenvalue weighted by atomic mass is 19.1. The van der Waals surface area contributed by atoms with Crippen LogP contribution in [0.25, 0.3) is 0 Å². The summed E-state index contributed by atoms with van der Waals surface area (Å²) in [5.74, 6) is -0.0321. The van der Waals surface area contributed by atoms with Gasteiger partial charge in [0.2, 0.25) is 0 Å². The van der Waals surface area contributed by atoms with E-state index in [-0.39, 0.29) is 12.2 Å². The van der Waals surface area contributed by atoms with Crippen molar-refractivity contribution in [1.29, 1.82) is 0 Å². The van der Waals surface area contributed by atoms with Crippen LogP contribution in [0.2, 0.25) is 0 Å². The van der Waals surface area contributed by atoms with Gasteiger partial charge in [0.05, 0.1) is 0 Å². The quantitative estimate of drug-likeness (QED) is 0.0929. The minimum Gasteiger partial charge on any atom is -0.460 e. The summed E-state index contributed by atoms with van der Waals surface area (Å²) in [5.41, 5.74) is 2.73. The van der Waals surface area contributed by atoms with Crippen molar-refractivity contribution in [1.82, 2.24) is 0 Å². The Labute approximate surface area is 279 Å². The predicted molar refractivity (Wildman–Crippen MR) is 183 cm³/mol. The average Bonchev–Trinajstić information content (AvgIpc) is 3.07. The molecule has 262 valence electrons. The molecule has 2 atom stereocenters. The van der Waals surface area contributed by atoms with E-state index in [1.165, 1.54) is 24.0 Å². The normalized spacial score (nSPS) is 23.0. The molecule has 2 aliphatic carbocycles. The highest BCUT2D eigenvalue weighted by Crippen LogP contribution is 2.32. The molecule has 0 radical (unpaired) electrons. The number of hydrogen-bond donors (Lipinski definition) is 0. The van der Waals surface area contributed by atoms with Gasteiger partial charge in [-0.1, -0.05) is 89.5 Å². The molecule has 2 saturated carbocycles. The Morgan fingerprint density at radius 1 is 0.587 bits per heavy atom. The third-order valence-corrected chi connectivity index (χ3v) is 10.5. The van der Waals surface area contributed by atoms with Gasteiger partial charge in [0.1, 0.15) is 12.2 Å². The maximum absolute atomic E-state index is 14.2. The van der Waals surface area contributed by atoms with Crippen molar-refractivity contribution < 1.29 is 27.8 Å². The number of carbonyl (C=O) groups is 2. The van der Waals surface area contributed by atoms with Crippen molar-refractivity contribution in [2.45, 2.75) is 192 Å². The fraction of sp³-hybridized carbons (Fsp3) is 0.800. The number of benzene rings is 1. The highest BCUT2D eigenvalue weighted by molar-refractivity contribution is 5.75. The molecule has 0 aromatic heterocycles. The van der Waals surface area contributed by atoms with E-state index in [0.29, 0.717) is 24.7 Å². The lowest BCUT2D eigenvalue weighted by Crippen LogP contribution is -2.29. The third-order valence-electron chi connectivity index (χ3n) is 10.5. The lowest BCUT2D eigenvalue weighted by atomic mass is 9.83. The SMILES string of the molecule is CCCCCCC[C@@H](F)C(=O)OC1CCC(CCc2ccc(CCC3CCC(OC(=O)[C@H](F)CCCCCCC)CC3)cc2)CC1. The van der Waals surface area contributed by atoms with Gasteiger partial charge in [-0.3, -0.25) is 0 Å². The summed E-state index contributed by atoms with van der Waals surface area (Å²) in [4.78, 5) is 24.4. The van der Waals surface area contributed by atoms with Gasteiger partial charge in [-0.15, -0.1) is 0 Å². The van der Waals surface area contributed by atoms with Crippen LogP contribution in [-0.4, -0.2) is 36.5 Å². The first-order chi connectivity index (χ1) is 22.4. The van der Waals surface area contributed by atoms with Crippen molar-refractivity contribution in [2.24, 2.45) is 11.8 Å². The topological polar surface area (TPSA) is 52.6 Å². The van der Waals surface area contributed by atoms with Crippen LogP contribution in [0, 0.1) is 11.8 Å². The van der Waals surface area contributed by atoms with Crippen LogP contribution in [0.15, 0.2) is 24.3 Å². The smallest absolute Gasteiger partial charge is 0.340 e. The maximum Gasteiger partial charge on any atom is 0.340 e. The van der Waals surface area contributed by atoms with Crippen LogP contribution in [0.1, 0.15) is 166 Å². The van der Waals surface area contributed by atoms with Gasteiger partial charge in [-0.05, 0) is 126 Å². The Bertz CT molecular complexity index is 873. The van der Waals surface area contributed by atoms with Crippen molar-refractivity contribution in [3.8, 4) is 0 Å². The van der Waals surface area contributed by atoms with Crippen molar-refractivity contribution in [3.63, 3.8) is 0 Å². The minimum atomic E-state index is -1.47. The number of hydrogen-bond acceptors (Lipinski definition) is 4. The second-order valence-corrected chi connectivity index (χ2v) is 14.4. The Morgan fingerprint density at radius 3 is 1.28 bits per heavy atom. The molecular weight excluding hydrogens is 582 g/mol. The van der Waals surface area contributed by atoms with Gasteiger partial charge >= 0.3 is 11.9 Å². The van der Waals surface area contributed by atoms with Gasteiger partial charge < -0.3 is 9.47 Å². The molecule has 0 N–H and O–H groups in total. The predicted octanol–water partition coefficient (Wildman–Crippen LogP) is 11.2. The summed E-state index contributed by atoms with van der Waals surface area (Å²) in [7, 11) is 0. The van der Waals surface area contributed by atoms with E-state index in [4.69, 9.17) is 9.47 Å². The minimum absolute atomic E-state index is 0.121. The van der Waals surface area contributed by atoms with Crippen LogP contribution in [0.4, 0.5) is 8.78 Å². The summed E-state index contributed by atoms with van der Waals surface area (Å²) in [6.45, 7) is 4.31. The Hall–Kier alpha value is -1.98. The average molecular weight is 647 g/mol. The van der Waals surface area contributed by atoms with Gasteiger partial charge in [0.25, 0.3) is 0 Å². The van der Waals surface area contributed by atoms with Gasteiger partial charge in [0.15, 0.2) is 12.3 Å². The van der Waals surface area contributed by atoms with Crippen molar-refractivity contribution >= 4 is 11.9 Å². The van der Waals surface area contributed by atoms with Gasteiger partial charge in [-0.25, -0.2) is 18.4 Å². The first kappa shape index (κ1) is 38.5. The molecule has 3 rings (SSSR count). The summed E-state index contributed by atoms with van der Waals surface area (Å²) >= 11 is 0. The molecule has 4 nitrogen and oxygen atoms in total. The highest BCUT2D eigenvalue weighted by Gasteiger charge is 2.28. The molecule has 0 heterocycles. The first-order valence-corrected chi connectivity index (χ1v) is 19.1. The lowest BCUT2D eigenvalue weighted by molar-refractivity contribution is -0.158. The number of ether oxygens (including phenoxy) is 2. The molecule has 1 aromatic carbocycles. The van der Waals surface area contributed by atoms with Gasteiger partial charge in [0, 0.05) is 0 Å². The molecule has 0 aliphatic heterocycles. The molecular formula is C40H64F2O4. The van der Waals surface area contributed by atoms with E-state index in [2.05, 4.69) is 38.1 Å². The molecule has 0 unspecified atom stereocenters. The number of aryl methyl sites for hydroxylation is 2. The van der Waals surface area contributed by atoms with Crippen LogP contribution in [0.3, 0.4) is 0 Å². The zero-order chi connectivity index (χ0) is 33.0. The van der Waals surface area contributed by atoms with Gasteiger partial charge in [-0.2, -0.15) is 0 Å². The standard InChI is InChI=1S/C40H64F2O4/c1-3-5-7-9-11-13-37(41)39(43)45-35-27-23-33(24-28-35)21-19-31-15-17-32(18-16-31)20-22-34-25-29-36(30-26-34)46-40(44)38(42)14-12-10-8-6-4-2/h15-18,33-38H,3-14,19-30H2,1-2H3/t33?,34?,35?,36?,37-,38-/m1/s1. The second kappa shape index (κ2) is 22.6. The number of rotatable bonds is 22. The number of carbonyl (C=O) groups excluding carboxylic acids is 2. The number of esters is 2. The van der Waals surface area contributed by atoms with Crippen molar-refractivity contribution in [2.75, 3.05) is 0 Å². The zero-order valence-electron chi connectivity index (χ0n) is 29.1. The van der Waals surface area contributed by atoms with Crippen molar-refractivity contribution in [3.05, 3.63) is 35.4 Å². The number of halogens is 2. The summed E-state index contributed by atoms with van der Waals surface area (Å²) in [6, 6.07) is 9.06. The Morgan fingerprint density at radius 2 is 0.935 bits per heavy atom. The van der Waals surface area contributed by atoms with E-state index in [9.17, 15) is 18.4 Å². The third kappa shape index (κ3) is 15.3. The van der Waals surface area contributed by atoms with E-state index in [1.54, 1.807) is 0 Å². The molecule has 0 bridgehead atoms. The van der Waals surface area contributed by atoms with Crippen LogP contribution in [0.5, 0.6) is 0 Å².